The summed E-state index contributed by atoms with van der Waals surface area (Å²) in [6.45, 7) is 3.86. The van der Waals surface area contributed by atoms with E-state index in [0.29, 0.717) is 11.3 Å². The molecule has 0 bridgehead atoms. The number of carbonyl (C=O) groups excluding carboxylic acids is 2. The zero-order valence-electron chi connectivity index (χ0n) is 11.6. The lowest BCUT2D eigenvalue weighted by molar-refractivity contribution is -0.683. The highest BCUT2D eigenvalue weighted by Gasteiger charge is 2.17. The van der Waals surface area contributed by atoms with Gasteiger partial charge in [-0.15, -0.1) is 0 Å². The molecule has 0 aliphatic rings. The number of carbonyl (C=O) groups is 2. The predicted molar refractivity (Wildman–Crippen MR) is 74.4 cm³/mol. The number of hydrogen-bond acceptors (Lipinski definition) is 3. The summed E-state index contributed by atoms with van der Waals surface area (Å²) in [6, 6.07) is 9.10. The Morgan fingerprint density at radius 2 is 1.90 bits per heavy atom. The van der Waals surface area contributed by atoms with E-state index in [2.05, 4.69) is 4.98 Å². The number of nitrogens with zero attached hydrogens (tertiary/aromatic N) is 2. The lowest BCUT2D eigenvalue weighted by Gasteiger charge is -2.02. The molecule has 1 heterocycles. The van der Waals surface area contributed by atoms with E-state index < -0.39 is 0 Å². The van der Waals surface area contributed by atoms with E-state index in [-0.39, 0.29) is 24.0 Å². The number of Topliss-reactive ketones (excluding diaryl/α,β-unsaturated/α-hetero) is 2. The molecular weight excluding hydrogens is 252 g/mol. The van der Waals surface area contributed by atoms with Crippen LogP contribution in [-0.2, 0) is 6.54 Å². The highest BCUT2D eigenvalue weighted by molar-refractivity contribution is 5.95. The summed E-state index contributed by atoms with van der Waals surface area (Å²) in [4.78, 5) is 28.1. The Kier molecular flexibility index (Phi) is 4.35. The van der Waals surface area contributed by atoms with Crippen molar-refractivity contribution in [2.45, 2.75) is 20.4 Å². The van der Waals surface area contributed by atoms with Crippen LogP contribution in [0.2, 0.25) is 0 Å². The van der Waals surface area contributed by atoms with Gasteiger partial charge in [-0.1, -0.05) is 44.2 Å². The Morgan fingerprint density at radius 1 is 1.20 bits per heavy atom. The van der Waals surface area contributed by atoms with Crippen molar-refractivity contribution in [3.63, 3.8) is 0 Å². The second kappa shape index (κ2) is 6.19. The van der Waals surface area contributed by atoms with Crippen LogP contribution >= 0.6 is 0 Å². The zero-order chi connectivity index (χ0) is 14.5. The second-order valence-electron chi connectivity index (χ2n) is 4.92. The summed E-state index contributed by atoms with van der Waals surface area (Å²) in [5.74, 6) is -0.126. The van der Waals surface area contributed by atoms with Crippen LogP contribution in [0.15, 0.2) is 48.9 Å². The molecule has 2 rings (SSSR count). The van der Waals surface area contributed by atoms with Crippen LogP contribution in [0.5, 0.6) is 0 Å². The lowest BCUT2D eigenvalue weighted by Crippen LogP contribution is -2.38. The average Bonchev–Trinajstić information content (AvgIpc) is 2.47. The largest absolute Gasteiger partial charge is 0.292 e. The van der Waals surface area contributed by atoms with Crippen LogP contribution in [0.3, 0.4) is 0 Å². The number of ketones is 2. The average molecular weight is 269 g/mol. The van der Waals surface area contributed by atoms with Crippen molar-refractivity contribution >= 4 is 11.6 Å². The van der Waals surface area contributed by atoms with Gasteiger partial charge in [-0.05, 0) is 0 Å². The van der Waals surface area contributed by atoms with E-state index in [1.807, 2.05) is 32.0 Å². The fraction of sp³-hybridized carbons (Fsp3) is 0.250. The first kappa shape index (κ1) is 14.1. The topological polar surface area (TPSA) is 50.9 Å². The third kappa shape index (κ3) is 3.35. The molecule has 4 heteroatoms. The first-order chi connectivity index (χ1) is 9.58. The summed E-state index contributed by atoms with van der Waals surface area (Å²) in [5.41, 5.74) is 1.05. The van der Waals surface area contributed by atoms with E-state index >= 15 is 0 Å². The molecule has 20 heavy (non-hydrogen) atoms. The Hall–Kier alpha value is -2.36. The van der Waals surface area contributed by atoms with Crippen LogP contribution < -0.4 is 4.57 Å². The Balaban J connectivity index is 2.16. The van der Waals surface area contributed by atoms with E-state index in [0.717, 1.165) is 0 Å². The molecule has 0 unspecified atom stereocenters. The normalized spacial score (nSPS) is 10.6. The van der Waals surface area contributed by atoms with Gasteiger partial charge in [0.1, 0.15) is 0 Å². The van der Waals surface area contributed by atoms with Crippen LogP contribution in [0, 0.1) is 5.92 Å². The summed E-state index contributed by atoms with van der Waals surface area (Å²) in [5, 5.41) is 0. The number of benzene rings is 1. The van der Waals surface area contributed by atoms with Gasteiger partial charge in [0.15, 0.2) is 23.9 Å². The van der Waals surface area contributed by atoms with Crippen molar-refractivity contribution in [1.29, 1.82) is 0 Å². The molecule has 1 aromatic heterocycles. The third-order valence-corrected chi connectivity index (χ3v) is 2.96. The minimum Gasteiger partial charge on any atom is -0.292 e. The van der Waals surface area contributed by atoms with Crippen LogP contribution in [0.25, 0.3) is 0 Å². The predicted octanol–water partition coefficient (Wildman–Crippen LogP) is 2.09. The molecule has 102 valence electrons. The Morgan fingerprint density at radius 3 is 2.55 bits per heavy atom. The monoisotopic (exact) mass is 269 g/mol. The van der Waals surface area contributed by atoms with Crippen LogP contribution in [-0.4, -0.2) is 16.6 Å². The van der Waals surface area contributed by atoms with Crippen molar-refractivity contribution in [2.75, 3.05) is 0 Å². The maximum Gasteiger partial charge on any atom is 0.227 e. The van der Waals surface area contributed by atoms with Crippen molar-refractivity contribution < 1.29 is 14.2 Å². The van der Waals surface area contributed by atoms with Gasteiger partial charge in [0.25, 0.3) is 0 Å². The number of rotatable bonds is 5. The smallest absolute Gasteiger partial charge is 0.227 e. The highest BCUT2D eigenvalue weighted by Crippen LogP contribution is 2.03. The van der Waals surface area contributed by atoms with Crippen molar-refractivity contribution in [3.8, 4) is 0 Å². The summed E-state index contributed by atoms with van der Waals surface area (Å²) >= 11 is 0. The standard InChI is InChI=1S/C16H17N2O2/c1-12(2)16(20)14-10-18(9-8-17-14)11-15(19)13-6-4-3-5-7-13/h3-10,12H,11H2,1-2H3/q+1. The van der Waals surface area contributed by atoms with Crippen LogP contribution in [0.1, 0.15) is 34.7 Å². The van der Waals surface area contributed by atoms with Crippen molar-refractivity contribution in [2.24, 2.45) is 5.92 Å². The molecule has 0 fully saturated rings. The Labute approximate surface area is 118 Å². The lowest BCUT2D eigenvalue weighted by atomic mass is 10.1. The fourth-order valence-electron chi connectivity index (χ4n) is 1.84. The molecule has 0 N–H and O–H groups in total. The Bertz CT molecular complexity index is 621. The van der Waals surface area contributed by atoms with E-state index in [1.54, 1.807) is 35.3 Å². The van der Waals surface area contributed by atoms with Crippen molar-refractivity contribution in [3.05, 3.63) is 60.2 Å². The SMILES string of the molecule is CC(C)C(=O)c1c[n+](CC(=O)c2ccccc2)ccn1. The quantitative estimate of drug-likeness (QED) is 0.617. The zero-order valence-corrected chi connectivity index (χ0v) is 11.6. The first-order valence-corrected chi connectivity index (χ1v) is 6.55. The fourth-order valence-corrected chi connectivity index (χ4v) is 1.84. The summed E-state index contributed by atoms with van der Waals surface area (Å²) in [6.07, 6.45) is 4.87. The minimum absolute atomic E-state index is 0.00439. The van der Waals surface area contributed by atoms with Gasteiger partial charge in [0, 0.05) is 11.5 Å². The molecule has 0 aliphatic carbocycles. The molecule has 0 spiro atoms. The molecule has 0 saturated carbocycles. The highest BCUT2D eigenvalue weighted by atomic mass is 16.1. The van der Waals surface area contributed by atoms with E-state index in [4.69, 9.17) is 0 Å². The van der Waals surface area contributed by atoms with Gasteiger partial charge in [-0.3, -0.25) is 9.59 Å². The molecule has 0 radical (unpaired) electrons. The summed E-state index contributed by atoms with van der Waals surface area (Å²) < 4.78 is 1.69. The van der Waals surface area contributed by atoms with E-state index in [9.17, 15) is 9.59 Å². The summed E-state index contributed by atoms with van der Waals surface area (Å²) in [7, 11) is 0. The van der Waals surface area contributed by atoms with E-state index in [1.165, 1.54) is 0 Å². The second-order valence-corrected chi connectivity index (χ2v) is 4.92. The molecule has 4 nitrogen and oxygen atoms in total. The molecule has 0 saturated heterocycles. The van der Waals surface area contributed by atoms with Gasteiger partial charge in [0.05, 0.1) is 6.20 Å². The maximum absolute atomic E-state index is 12.1. The van der Waals surface area contributed by atoms with Crippen molar-refractivity contribution in [1.82, 2.24) is 4.98 Å². The maximum atomic E-state index is 12.1. The van der Waals surface area contributed by atoms with Crippen LogP contribution in [0.4, 0.5) is 0 Å². The first-order valence-electron chi connectivity index (χ1n) is 6.55. The molecule has 0 aliphatic heterocycles. The minimum atomic E-state index is -0.108. The number of hydrogen-bond donors (Lipinski definition) is 0. The molecule has 0 atom stereocenters. The molecular formula is C16H17N2O2+. The van der Waals surface area contributed by atoms with Gasteiger partial charge in [0.2, 0.25) is 12.3 Å². The van der Waals surface area contributed by atoms with Gasteiger partial charge < -0.3 is 0 Å². The van der Waals surface area contributed by atoms with Gasteiger partial charge >= 0.3 is 0 Å². The van der Waals surface area contributed by atoms with Gasteiger partial charge in [-0.2, -0.15) is 4.57 Å². The molecule has 1 aromatic carbocycles. The van der Waals surface area contributed by atoms with Gasteiger partial charge in [-0.25, -0.2) is 4.98 Å². The number of aromatic nitrogens is 2. The third-order valence-electron chi connectivity index (χ3n) is 2.96. The molecule has 2 aromatic rings. The molecule has 0 amide bonds.